The van der Waals surface area contributed by atoms with E-state index in [1.54, 1.807) is 0 Å². The van der Waals surface area contributed by atoms with Gasteiger partial charge in [-0.1, -0.05) is 31.7 Å². The van der Waals surface area contributed by atoms with Gasteiger partial charge in [0.25, 0.3) is 0 Å². The van der Waals surface area contributed by atoms with Crippen LogP contribution in [0.1, 0.15) is 38.5 Å². The van der Waals surface area contributed by atoms with Gasteiger partial charge in [-0.15, -0.1) is 0 Å². The fourth-order valence-corrected chi connectivity index (χ4v) is 3.02. The average Bonchev–Trinajstić information content (AvgIpc) is 2.73. The number of benzene rings is 1. The van der Waals surface area contributed by atoms with Gasteiger partial charge in [-0.05, 0) is 43.0 Å². The van der Waals surface area contributed by atoms with Gasteiger partial charge in [-0.25, -0.2) is 0 Å². The summed E-state index contributed by atoms with van der Waals surface area (Å²) >= 11 is 0. The van der Waals surface area contributed by atoms with Gasteiger partial charge in [0, 0.05) is 23.8 Å². The molecule has 0 saturated heterocycles. The Hall–Kier alpha value is -1.57. The van der Waals surface area contributed by atoms with E-state index in [-0.39, 0.29) is 0 Å². The van der Waals surface area contributed by atoms with Gasteiger partial charge < -0.3 is 5.32 Å². The maximum atomic E-state index is 4.36. The van der Waals surface area contributed by atoms with Crippen molar-refractivity contribution in [2.75, 3.05) is 11.9 Å². The van der Waals surface area contributed by atoms with Gasteiger partial charge >= 0.3 is 0 Å². The monoisotopic (exact) mass is 254 g/mol. The van der Waals surface area contributed by atoms with Gasteiger partial charge in [-0.3, -0.25) is 4.98 Å². The van der Waals surface area contributed by atoms with Crippen molar-refractivity contribution in [3.63, 3.8) is 0 Å². The Bertz CT molecular complexity index is 528. The van der Waals surface area contributed by atoms with E-state index in [0.29, 0.717) is 0 Å². The Labute approximate surface area is 115 Å². The normalized spacial score (nSPS) is 17.3. The Morgan fingerprint density at radius 3 is 2.74 bits per heavy atom. The third kappa shape index (κ3) is 3.25. The van der Waals surface area contributed by atoms with E-state index in [1.165, 1.54) is 49.6 Å². The van der Waals surface area contributed by atoms with E-state index in [1.807, 2.05) is 12.3 Å². The van der Waals surface area contributed by atoms with E-state index in [2.05, 4.69) is 34.6 Å². The summed E-state index contributed by atoms with van der Waals surface area (Å²) in [5, 5.41) is 4.82. The van der Waals surface area contributed by atoms with Crippen LogP contribution in [0.15, 0.2) is 36.5 Å². The second-order valence-electron chi connectivity index (χ2n) is 5.65. The number of rotatable bonds is 3. The van der Waals surface area contributed by atoms with E-state index in [0.717, 1.165) is 18.0 Å². The second-order valence-corrected chi connectivity index (χ2v) is 5.65. The van der Waals surface area contributed by atoms with E-state index in [4.69, 9.17) is 0 Å². The lowest BCUT2D eigenvalue weighted by Crippen LogP contribution is -2.13. The number of nitrogens with zero attached hydrogens (tertiary/aromatic N) is 1. The molecule has 1 aromatic carbocycles. The third-order valence-electron chi connectivity index (χ3n) is 4.17. The summed E-state index contributed by atoms with van der Waals surface area (Å²) in [4.78, 5) is 4.36. The van der Waals surface area contributed by atoms with Crippen molar-refractivity contribution >= 4 is 16.6 Å². The highest BCUT2D eigenvalue weighted by molar-refractivity contribution is 5.82. The Balaban J connectivity index is 1.64. The standard InChI is InChI=1S/C17H22N2/c1-2-4-7-14(6-3-1)13-19-16-9-10-17-15(12-16)8-5-11-18-17/h5,8-12,14,19H,1-4,6-7,13H2. The fraction of sp³-hybridized carbons (Fsp3) is 0.471. The summed E-state index contributed by atoms with van der Waals surface area (Å²) in [6.45, 7) is 1.12. The van der Waals surface area contributed by atoms with Crippen LogP contribution in [0.5, 0.6) is 0 Å². The van der Waals surface area contributed by atoms with Crippen LogP contribution in [0, 0.1) is 5.92 Å². The molecule has 0 aliphatic heterocycles. The number of hydrogen-bond acceptors (Lipinski definition) is 2. The third-order valence-corrected chi connectivity index (χ3v) is 4.17. The van der Waals surface area contributed by atoms with Gasteiger partial charge in [0.2, 0.25) is 0 Å². The van der Waals surface area contributed by atoms with Crippen LogP contribution in [0.4, 0.5) is 5.69 Å². The maximum Gasteiger partial charge on any atom is 0.0703 e. The van der Waals surface area contributed by atoms with Gasteiger partial charge in [0.15, 0.2) is 0 Å². The summed E-state index contributed by atoms with van der Waals surface area (Å²) in [7, 11) is 0. The minimum absolute atomic E-state index is 0.854. The van der Waals surface area contributed by atoms with Crippen molar-refractivity contribution in [1.29, 1.82) is 0 Å². The molecule has 1 N–H and O–H groups in total. The van der Waals surface area contributed by atoms with Crippen LogP contribution in [-0.2, 0) is 0 Å². The van der Waals surface area contributed by atoms with E-state index in [9.17, 15) is 0 Å². The smallest absolute Gasteiger partial charge is 0.0703 e. The zero-order valence-corrected chi connectivity index (χ0v) is 11.4. The number of hydrogen-bond donors (Lipinski definition) is 1. The quantitative estimate of drug-likeness (QED) is 0.809. The van der Waals surface area contributed by atoms with Crippen molar-refractivity contribution in [2.24, 2.45) is 5.92 Å². The SMILES string of the molecule is c1cnc2ccc(NCC3CCCCCC3)cc2c1. The van der Waals surface area contributed by atoms with Crippen molar-refractivity contribution in [2.45, 2.75) is 38.5 Å². The highest BCUT2D eigenvalue weighted by atomic mass is 14.9. The molecule has 0 amide bonds. The van der Waals surface area contributed by atoms with Crippen molar-refractivity contribution in [1.82, 2.24) is 4.98 Å². The summed E-state index contributed by atoms with van der Waals surface area (Å²) in [6, 6.07) is 10.6. The molecular formula is C17H22N2. The highest BCUT2D eigenvalue weighted by Gasteiger charge is 2.11. The van der Waals surface area contributed by atoms with Crippen LogP contribution in [0.3, 0.4) is 0 Å². The van der Waals surface area contributed by atoms with E-state index >= 15 is 0 Å². The first kappa shape index (κ1) is 12.5. The highest BCUT2D eigenvalue weighted by Crippen LogP contribution is 2.24. The lowest BCUT2D eigenvalue weighted by Gasteiger charge is -2.16. The predicted octanol–water partition coefficient (Wildman–Crippen LogP) is 4.62. The Morgan fingerprint density at radius 2 is 1.89 bits per heavy atom. The summed E-state index contributed by atoms with van der Waals surface area (Å²) < 4.78 is 0. The molecule has 1 aromatic heterocycles. The number of pyridine rings is 1. The maximum absolute atomic E-state index is 4.36. The molecule has 2 aromatic rings. The summed E-state index contributed by atoms with van der Waals surface area (Å²) in [6.07, 6.45) is 10.3. The average molecular weight is 254 g/mol. The van der Waals surface area contributed by atoms with Crippen molar-refractivity contribution in [3.8, 4) is 0 Å². The van der Waals surface area contributed by atoms with E-state index < -0.39 is 0 Å². The zero-order chi connectivity index (χ0) is 12.9. The number of aromatic nitrogens is 1. The van der Waals surface area contributed by atoms with Crippen LogP contribution < -0.4 is 5.32 Å². The molecule has 1 fully saturated rings. The topological polar surface area (TPSA) is 24.9 Å². The van der Waals surface area contributed by atoms with Crippen molar-refractivity contribution < 1.29 is 0 Å². The van der Waals surface area contributed by atoms with Crippen LogP contribution in [0.25, 0.3) is 10.9 Å². The van der Waals surface area contributed by atoms with Crippen LogP contribution >= 0.6 is 0 Å². The number of anilines is 1. The Morgan fingerprint density at radius 1 is 1.05 bits per heavy atom. The zero-order valence-electron chi connectivity index (χ0n) is 11.4. The molecule has 0 bridgehead atoms. The molecule has 2 heteroatoms. The van der Waals surface area contributed by atoms with Gasteiger partial charge in [-0.2, -0.15) is 0 Å². The predicted molar refractivity (Wildman–Crippen MR) is 81.4 cm³/mol. The lowest BCUT2D eigenvalue weighted by molar-refractivity contribution is 0.483. The first-order valence-electron chi connectivity index (χ1n) is 7.50. The first-order valence-corrected chi connectivity index (χ1v) is 7.50. The molecule has 2 nitrogen and oxygen atoms in total. The summed E-state index contributed by atoms with van der Waals surface area (Å²) in [5.74, 6) is 0.854. The lowest BCUT2D eigenvalue weighted by atomic mass is 10.0. The van der Waals surface area contributed by atoms with Crippen molar-refractivity contribution in [3.05, 3.63) is 36.5 Å². The largest absolute Gasteiger partial charge is 0.385 e. The number of fused-ring (bicyclic) bond motifs is 1. The molecule has 3 rings (SSSR count). The molecular weight excluding hydrogens is 232 g/mol. The second kappa shape index (κ2) is 6.05. The molecule has 1 saturated carbocycles. The minimum Gasteiger partial charge on any atom is -0.385 e. The number of nitrogens with one attached hydrogen (secondary N) is 1. The van der Waals surface area contributed by atoms with Gasteiger partial charge in [0.05, 0.1) is 5.52 Å². The Kier molecular flexibility index (Phi) is 3.97. The molecule has 0 spiro atoms. The molecule has 1 aliphatic rings. The van der Waals surface area contributed by atoms with Gasteiger partial charge in [0.1, 0.15) is 0 Å². The van der Waals surface area contributed by atoms with Crippen LogP contribution in [0.2, 0.25) is 0 Å². The first-order chi connectivity index (χ1) is 9.42. The molecule has 100 valence electrons. The summed E-state index contributed by atoms with van der Waals surface area (Å²) in [5.41, 5.74) is 2.30. The molecule has 1 heterocycles. The molecule has 1 aliphatic carbocycles. The van der Waals surface area contributed by atoms with Crippen LogP contribution in [-0.4, -0.2) is 11.5 Å². The minimum atomic E-state index is 0.854. The molecule has 0 unspecified atom stereocenters. The molecule has 0 atom stereocenters. The fourth-order valence-electron chi connectivity index (χ4n) is 3.02. The molecule has 0 radical (unpaired) electrons. The molecule has 19 heavy (non-hydrogen) atoms.